The second kappa shape index (κ2) is 6.95. The number of thioether (sulfide) groups is 1. The first kappa shape index (κ1) is 12.5. The van der Waals surface area contributed by atoms with Crippen LogP contribution in [-0.4, -0.2) is 17.0 Å². The Morgan fingerprint density at radius 3 is 2.46 bits per heavy atom. The van der Waals surface area contributed by atoms with Crippen molar-refractivity contribution < 1.29 is 14.3 Å². The third kappa shape index (κ3) is 6.63. The summed E-state index contributed by atoms with van der Waals surface area (Å²) in [6.07, 6.45) is 1.25. The van der Waals surface area contributed by atoms with Crippen molar-refractivity contribution in [1.82, 2.24) is 0 Å². The summed E-state index contributed by atoms with van der Waals surface area (Å²) in [6.45, 7) is 5.80. The molecular weight excluding hydrogens is 188 g/mol. The van der Waals surface area contributed by atoms with Crippen molar-refractivity contribution in [2.24, 2.45) is 5.92 Å². The van der Waals surface area contributed by atoms with Crippen molar-refractivity contribution in [2.75, 3.05) is 5.75 Å². The molecule has 0 saturated heterocycles. The van der Waals surface area contributed by atoms with E-state index in [9.17, 15) is 9.59 Å². The monoisotopic (exact) mass is 204 g/mol. The molecule has 0 spiro atoms. The van der Waals surface area contributed by atoms with Crippen molar-refractivity contribution in [3.8, 4) is 0 Å². The fraction of sp³-hybridized carbons (Fsp3) is 0.778. The van der Waals surface area contributed by atoms with Crippen LogP contribution in [0.4, 0.5) is 4.79 Å². The minimum atomic E-state index is -0.490. The van der Waals surface area contributed by atoms with Gasteiger partial charge in [0.1, 0.15) is 0 Å². The largest absolute Gasteiger partial charge is 0.385 e. The zero-order valence-electron chi connectivity index (χ0n) is 8.33. The molecule has 0 N–H and O–H groups in total. The summed E-state index contributed by atoms with van der Waals surface area (Å²) >= 11 is 1.01. The summed E-state index contributed by atoms with van der Waals surface area (Å²) in [5.41, 5.74) is 0. The maximum atomic E-state index is 11.0. The van der Waals surface area contributed by atoms with Gasteiger partial charge in [0, 0.05) is 12.2 Å². The highest BCUT2D eigenvalue weighted by molar-refractivity contribution is 8.13. The highest BCUT2D eigenvalue weighted by Gasteiger charge is 2.12. The zero-order chi connectivity index (χ0) is 10.3. The predicted molar refractivity (Wildman–Crippen MR) is 53.7 cm³/mol. The lowest BCUT2D eigenvalue weighted by Gasteiger charge is -2.06. The molecular formula is C9H16O3S. The summed E-state index contributed by atoms with van der Waals surface area (Å²) in [5.74, 6) is 0.502. The van der Waals surface area contributed by atoms with Gasteiger partial charge in [0.2, 0.25) is 0 Å². The van der Waals surface area contributed by atoms with E-state index in [4.69, 9.17) is 0 Å². The summed E-state index contributed by atoms with van der Waals surface area (Å²) < 4.78 is 4.55. The van der Waals surface area contributed by atoms with Gasteiger partial charge in [-0.3, -0.25) is 4.79 Å². The normalized spacial score (nSPS) is 12.2. The number of hydrogen-bond donors (Lipinski definition) is 0. The molecule has 1 unspecified atom stereocenters. The third-order valence-corrected chi connectivity index (χ3v) is 2.28. The van der Waals surface area contributed by atoms with E-state index in [1.807, 2.05) is 20.8 Å². The second-order valence-corrected chi connectivity index (χ2v) is 4.07. The standard InChI is InChI=1S/C9H16O3S/c1-4-7(3)6-8(10)12-9(11)13-5-2/h7H,4-6H2,1-3H3. The van der Waals surface area contributed by atoms with Crippen LogP contribution >= 0.6 is 11.8 Å². The molecule has 0 bridgehead atoms. The number of esters is 1. The number of ether oxygens (including phenoxy) is 1. The highest BCUT2D eigenvalue weighted by Crippen LogP contribution is 2.10. The van der Waals surface area contributed by atoms with Crippen molar-refractivity contribution in [1.29, 1.82) is 0 Å². The molecule has 0 aromatic carbocycles. The van der Waals surface area contributed by atoms with Crippen LogP contribution in [0.5, 0.6) is 0 Å². The average Bonchev–Trinajstić information content (AvgIpc) is 2.04. The second-order valence-electron chi connectivity index (χ2n) is 2.87. The van der Waals surface area contributed by atoms with Gasteiger partial charge in [-0.1, -0.05) is 27.2 Å². The van der Waals surface area contributed by atoms with Crippen molar-refractivity contribution in [3.05, 3.63) is 0 Å². The minimum absolute atomic E-state index is 0.284. The van der Waals surface area contributed by atoms with Gasteiger partial charge in [0.25, 0.3) is 0 Å². The Morgan fingerprint density at radius 2 is 2.00 bits per heavy atom. The van der Waals surface area contributed by atoms with Gasteiger partial charge in [0.15, 0.2) is 0 Å². The van der Waals surface area contributed by atoms with Gasteiger partial charge in [-0.05, 0) is 17.7 Å². The van der Waals surface area contributed by atoms with E-state index in [-0.39, 0.29) is 5.92 Å². The molecule has 0 rings (SSSR count). The third-order valence-electron chi connectivity index (χ3n) is 1.67. The molecule has 0 aliphatic heterocycles. The van der Waals surface area contributed by atoms with E-state index >= 15 is 0 Å². The lowest BCUT2D eigenvalue weighted by molar-refractivity contribution is -0.137. The minimum Gasteiger partial charge on any atom is -0.385 e. The zero-order valence-corrected chi connectivity index (χ0v) is 9.15. The maximum Gasteiger partial charge on any atom is 0.374 e. The number of rotatable bonds is 4. The number of carbonyl (C=O) groups is 2. The lowest BCUT2D eigenvalue weighted by Crippen LogP contribution is -2.11. The summed E-state index contributed by atoms with van der Waals surface area (Å²) in [5, 5.41) is -0.490. The quantitative estimate of drug-likeness (QED) is 0.521. The number of carbonyl (C=O) groups excluding carboxylic acids is 2. The van der Waals surface area contributed by atoms with Crippen LogP contribution in [0.25, 0.3) is 0 Å². The summed E-state index contributed by atoms with van der Waals surface area (Å²) in [6, 6.07) is 0. The van der Waals surface area contributed by atoms with Gasteiger partial charge in [0.05, 0.1) is 0 Å². The maximum absolute atomic E-state index is 11.0. The smallest absolute Gasteiger partial charge is 0.374 e. The Kier molecular flexibility index (Phi) is 6.68. The van der Waals surface area contributed by atoms with Crippen LogP contribution in [0.1, 0.15) is 33.6 Å². The molecule has 0 aliphatic rings. The first-order valence-corrected chi connectivity index (χ1v) is 5.46. The van der Waals surface area contributed by atoms with Gasteiger partial charge in [-0.25, -0.2) is 4.79 Å². The van der Waals surface area contributed by atoms with Gasteiger partial charge in [-0.2, -0.15) is 0 Å². The Labute approximate surface area is 83.2 Å². The van der Waals surface area contributed by atoms with Crippen LogP contribution in [0, 0.1) is 5.92 Å². The summed E-state index contributed by atoms with van der Waals surface area (Å²) in [4.78, 5) is 21.9. The van der Waals surface area contributed by atoms with Gasteiger partial charge < -0.3 is 4.74 Å². The topological polar surface area (TPSA) is 43.4 Å². The molecule has 1 atom stereocenters. The summed E-state index contributed by atoms with van der Waals surface area (Å²) in [7, 11) is 0. The molecule has 0 aromatic heterocycles. The molecule has 3 nitrogen and oxygen atoms in total. The molecule has 0 amide bonds. The molecule has 76 valence electrons. The van der Waals surface area contributed by atoms with Crippen molar-refractivity contribution in [3.63, 3.8) is 0 Å². The van der Waals surface area contributed by atoms with E-state index in [0.29, 0.717) is 12.2 Å². The van der Waals surface area contributed by atoms with E-state index in [0.717, 1.165) is 18.2 Å². The van der Waals surface area contributed by atoms with Crippen molar-refractivity contribution in [2.45, 2.75) is 33.6 Å². The highest BCUT2D eigenvalue weighted by atomic mass is 32.2. The van der Waals surface area contributed by atoms with Crippen LogP contribution in [-0.2, 0) is 9.53 Å². The van der Waals surface area contributed by atoms with Crippen LogP contribution in [0.2, 0.25) is 0 Å². The lowest BCUT2D eigenvalue weighted by atomic mass is 10.1. The first-order chi connectivity index (χ1) is 6.10. The van der Waals surface area contributed by atoms with Crippen LogP contribution < -0.4 is 0 Å². The van der Waals surface area contributed by atoms with Crippen LogP contribution in [0.15, 0.2) is 0 Å². The molecule has 13 heavy (non-hydrogen) atoms. The van der Waals surface area contributed by atoms with Crippen LogP contribution in [0.3, 0.4) is 0 Å². The van der Waals surface area contributed by atoms with E-state index < -0.39 is 11.3 Å². The van der Waals surface area contributed by atoms with E-state index in [1.54, 1.807) is 0 Å². The number of hydrogen-bond acceptors (Lipinski definition) is 4. The van der Waals surface area contributed by atoms with Gasteiger partial charge >= 0.3 is 11.3 Å². The SMILES string of the molecule is CCSC(=O)OC(=O)CC(C)CC. The van der Waals surface area contributed by atoms with E-state index in [2.05, 4.69) is 4.74 Å². The molecule has 0 radical (unpaired) electrons. The molecule has 0 aromatic rings. The Morgan fingerprint density at radius 1 is 1.38 bits per heavy atom. The fourth-order valence-corrected chi connectivity index (χ4v) is 1.10. The van der Waals surface area contributed by atoms with E-state index in [1.165, 1.54) is 0 Å². The fourth-order valence-electron chi connectivity index (χ4n) is 0.711. The first-order valence-electron chi connectivity index (χ1n) is 4.47. The predicted octanol–water partition coefficient (Wildman–Crippen LogP) is 2.84. The average molecular weight is 204 g/mol. The Hall–Kier alpha value is -0.510. The Bertz CT molecular complexity index is 180. The van der Waals surface area contributed by atoms with Gasteiger partial charge in [-0.15, -0.1) is 0 Å². The molecule has 0 aliphatic carbocycles. The molecule has 0 saturated carbocycles. The Balaban J connectivity index is 3.67. The molecule has 0 heterocycles. The molecule has 0 fully saturated rings. The van der Waals surface area contributed by atoms with Crippen molar-refractivity contribution >= 4 is 23.0 Å². The molecule has 4 heteroatoms.